The maximum Gasteiger partial charge on any atom is 0.252 e. The van der Waals surface area contributed by atoms with Crippen molar-refractivity contribution in [3.8, 4) is 0 Å². The molecule has 0 saturated carbocycles. The Morgan fingerprint density at radius 2 is 0.689 bits per heavy atom. The van der Waals surface area contributed by atoms with Gasteiger partial charge in [-0.15, -0.1) is 0 Å². The average Bonchev–Trinajstić information content (AvgIpc) is 3.34. The molecule has 0 aliphatic rings. The lowest BCUT2D eigenvalue weighted by Crippen LogP contribution is -2.35. The summed E-state index contributed by atoms with van der Waals surface area (Å²) in [4.78, 5) is 53.5. The van der Waals surface area contributed by atoms with E-state index in [1.807, 2.05) is 158 Å². The number of nitrogens with two attached hydrogens (primary N) is 1. The zero-order valence-corrected chi connectivity index (χ0v) is 33.0. The van der Waals surface area contributed by atoms with Gasteiger partial charge in [0.05, 0.1) is 23.2 Å². The highest BCUT2D eigenvalue weighted by molar-refractivity contribution is 6.10. The molecule has 0 aliphatic carbocycles. The van der Waals surface area contributed by atoms with Crippen LogP contribution in [0.4, 0.5) is 0 Å². The highest BCUT2D eigenvalue weighted by Gasteiger charge is 2.23. The van der Waals surface area contributed by atoms with Crippen LogP contribution in [0, 0.1) is 0 Å². The Balaban J connectivity index is 0.000000169. The summed E-state index contributed by atoms with van der Waals surface area (Å²) in [5.74, 6) is 3.83. The first-order valence-corrected chi connectivity index (χ1v) is 19.3. The maximum absolute atomic E-state index is 13.3. The zero-order chi connectivity index (χ0) is 42.5. The van der Waals surface area contributed by atoms with Gasteiger partial charge in [0, 0.05) is 24.8 Å². The maximum atomic E-state index is 13.3. The van der Waals surface area contributed by atoms with E-state index in [9.17, 15) is 14.4 Å². The number of amides is 2. The number of hydrogen-bond acceptors (Lipinski definition) is 9. The fraction of sp³-hybridized carbons (Fsp3) is 0.0400. The van der Waals surface area contributed by atoms with E-state index in [2.05, 4.69) is 35.9 Å². The third-order valence-electron chi connectivity index (χ3n) is 9.09. The zero-order valence-electron chi connectivity index (χ0n) is 33.0. The molecule has 4 heterocycles. The minimum absolute atomic E-state index is 0.147. The van der Waals surface area contributed by atoms with E-state index in [1.54, 1.807) is 61.2 Å². The Kier molecular flexibility index (Phi) is 15.7. The third kappa shape index (κ3) is 12.1. The summed E-state index contributed by atoms with van der Waals surface area (Å²) in [7, 11) is 0. The van der Waals surface area contributed by atoms with Gasteiger partial charge in [-0.25, -0.2) is 11.3 Å². The fourth-order valence-corrected chi connectivity index (χ4v) is 6.21. The van der Waals surface area contributed by atoms with Gasteiger partial charge >= 0.3 is 0 Å². The lowest BCUT2D eigenvalue weighted by atomic mass is 9.91. The minimum atomic E-state index is -0.482. The van der Waals surface area contributed by atoms with E-state index >= 15 is 0 Å². The Morgan fingerprint density at radius 1 is 0.393 bits per heavy atom. The van der Waals surface area contributed by atoms with Crippen molar-refractivity contribution in [3.05, 3.63) is 264 Å². The van der Waals surface area contributed by atoms with Crippen molar-refractivity contribution in [3.63, 3.8) is 0 Å². The van der Waals surface area contributed by atoms with Gasteiger partial charge in [-0.2, -0.15) is 5.10 Å². The monoisotopic (exact) mass is 802 g/mol. The lowest BCUT2D eigenvalue weighted by molar-refractivity contribution is -0.122. The summed E-state index contributed by atoms with van der Waals surface area (Å²) in [6, 6.07) is 60.1. The van der Waals surface area contributed by atoms with Crippen LogP contribution in [-0.2, 0) is 9.59 Å². The van der Waals surface area contributed by atoms with Crippen LogP contribution >= 0.6 is 0 Å². The van der Waals surface area contributed by atoms with Crippen LogP contribution in [-0.4, -0.2) is 43.2 Å². The van der Waals surface area contributed by atoms with Gasteiger partial charge in [0.15, 0.2) is 0 Å². The van der Waals surface area contributed by atoms with Crippen molar-refractivity contribution in [1.82, 2.24) is 30.8 Å². The molecule has 4 N–H and O–H groups in total. The van der Waals surface area contributed by atoms with Gasteiger partial charge in [0.2, 0.25) is 11.7 Å². The second-order valence-electron chi connectivity index (χ2n) is 13.1. The van der Waals surface area contributed by atoms with E-state index < -0.39 is 5.92 Å². The molecule has 8 aromatic rings. The summed E-state index contributed by atoms with van der Waals surface area (Å²) in [6.45, 7) is 0. The Bertz CT molecular complexity index is 2410. The second-order valence-corrected chi connectivity index (χ2v) is 13.1. The van der Waals surface area contributed by atoms with Crippen LogP contribution in [0.1, 0.15) is 61.7 Å². The first-order chi connectivity index (χ1) is 30.0. The molecule has 0 bridgehead atoms. The summed E-state index contributed by atoms with van der Waals surface area (Å²) in [5, 5.41) is 4.43. The lowest BCUT2D eigenvalue weighted by Gasteiger charge is -2.16. The Hall–Kier alpha value is -8.28. The van der Waals surface area contributed by atoms with Crippen molar-refractivity contribution in [2.75, 3.05) is 0 Å². The molecule has 4 aromatic carbocycles. The molecule has 4 aromatic heterocycles. The van der Waals surface area contributed by atoms with Crippen molar-refractivity contribution >= 4 is 23.3 Å². The molecule has 0 fully saturated rings. The molecule has 0 aliphatic heterocycles. The quantitative estimate of drug-likeness (QED) is 0.0394. The molecular weight excluding hydrogens is 761 g/mol. The third-order valence-corrected chi connectivity index (χ3v) is 9.09. The van der Waals surface area contributed by atoms with E-state index in [0.717, 1.165) is 22.3 Å². The van der Waals surface area contributed by atoms with Gasteiger partial charge in [-0.3, -0.25) is 39.7 Å². The van der Waals surface area contributed by atoms with Crippen molar-refractivity contribution in [2.24, 2.45) is 10.9 Å². The van der Waals surface area contributed by atoms with E-state index in [1.165, 1.54) is 0 Å². The number of nitrogens with one attached hydrogen (secondary N) is 2. The second kappa shape index (κ2) is 22.6. The molecule has 0 radical (unpaired) electrons. The molecular formula is C50H42N8O3. The predicted octanol–water partition coefficient (Wildman–Crippen LogP) is 7.69. The first-order valence-electron chi connectivity index (χ1n) is 19.3. The van der Waals surface area contributed by atoms with Crippen LogP contribution in [0.3, 0.4) is 0 Å². The van der Waals surface area contributed by atoms with Crippen molar-refractivity contribution in [1.29, 1.82) is 0 Å². The SMILES string of the molecule is NNC(=O)C(c1ccccc1)c1ccccc1.O=C(NN=C(c1ccccn1)c1ccccn1)C(c1ccccc1)c1ccccc1.O=C(c1ccccn1)c1ccccn1. The number of nitrogens with zero attached hydrogens (tertiary/aromatic N) is 5. The molecule has 8 rings (SSSR count). The standard InChI is InChI=1S/C25H20N4O.C14H14N2O.C11H8N2O/c30-25(23(19-11-3-1-4-12-19)20-13-5-2-6-14-20)29-28-24(21-15-7-9-17-26-21)22-16-8-10-18-27-22;15-16-14(17)13(11-7-3-1-4-8-11)12-9-5-2-6-10-12;14-11(9-5-1-3-7-12-9)10-6-2-4-8-13-10/h1-18,23H,(H,29,30);1-10,13H,15H2,(H,16,17);1-8H. The highest BCUT2D eigenvalue weighted by atomic mass is 16.2. The van der Waals surface area contributed by atoms with E-state index in [4.69, 9.17) is 5.84 Å². The molecule has 11 heteroatoms. The van der Waals surface area contributed by atoms with Gasteiger partial charge in [-0.1, -0.05) is 146 Å². The molecule has 300 valence electrons. The Morgan fingerprint density at radius 3 is 0.984 bits per heavy atom. The highest BCUT2D eigenvalue weighted by Crippen LogP contribution is 2.26. The fourth-order valence-electron chi connectivity index (χ4n) is 6.21. The number of aromatic nitrogens is 4. The number of carbonyl (C=O) groups excluding carboxylic acids is 3. The minimum Gasteiger partial charge on any atom is -0.293 e. The van der Waals surface area contributed by atoms with E-state index in [-0.39, 0.29) is 23.5 Å². The smallest absolute Gasteiger partial charge is 0.252 e. The van der Waals surface area contributed by atoms with Gasteiger partial charge in [0.25, 0.3) is 5.91 Å². The van der Waals surface area contributed by atoms with Crippen molar-refractivity contribution in [2.45, 2.75) is 11.8 Å². The number of benzene rings is 4. The largest absolute Gasteiger partial charge is 0.293 e. The summed E-state index contributed by atoms with van der Waals surface area (Å²) < 4.78 is 0. The molecule has 0 atom stereocenters. The predicted molar refractivity (Wildman–Crippen MR) is 236 cm³/mol. The number of hydrazine groups is 1. The number of hydrogen-bond donors (Lipinski definition) is 3. The van der Waals surface area contributed by atoms with Crippen LogP contribution < -0.4 is 16.7 Å². The van der Waals surface area contributed by atoms with Crippen LogP contribution in [0.2, 0.25) is 0 Å². The van der Waals surface area contributed by atoms with Crippen LogP contribution in [0.15, 0.2) is 224 Å². The summed E-state index contributed by atoms with van der Waals surface area (Å²) in [5.41, 5.74) is 11.2. The first kappa shape index (κ1) is 42.3. The van der Waals surface area contributed by atoms with Crippen LogP contribution in [0.5, 0.6) is 0 Å². The van der Waals surface area contributed by atoms with Gasteiger partial charge in [0.1, 0.15) is 17.1 Å². The van der Waals surface area contributed by atoms with E-state index in [0.29, 0.717) is 28.5 Å². The summed E-state index contributed by atoms with van der Waals surface area (Å²) >= 11 is 0. The molecule has 0 spiro atoms. The molecule has 2 amide bonds. The molecule has 0 saturated heterocycles. The number of rotatable bonds is 11. The molecule has 61 heavy (non-hydrogen) atoms. The Labute approximate surface area is 354 Å². The summed E-state index contributed by atoms with van der Waals surface area (Å²) in [6.07, 6.45) is 6.56. The normalized spacial score (nSPS) is 10.2. The number of carbonyl (C=O) groups is 3. The molecule has 0 unspecified atom stereocenters. The number of hydrazone groups is 1. The number of pyridine rings is 4. The van der Waals surface area contributed by atoms with Gasteiger partial charge in [-0.05, 0) is 70.8 Å². The molecule has 11 nitrogen and oxygen atoms in total. The topological polar surface area (TPSA) is 165 Å². The number of ketones is 1. The van der Waals surface area contributed by atoms with Crippen LogP contribution in [0.25, 0.3) is 0 Å². The van der Waals surface area contributed by atoms with Crippen molar-refractivity contribution < 1.29 is 14.4 Å². The average molecular weight is 803 g/mol. The van der Waals surface area contributed by atoms with Gasteiger partial charge < -0.3 is 0 Å².